The van der Waals surface area contributed by atoms with Gasteiger partial charge in [0.15, 0.2) is 0 Å². The van der Waals surface area contributed by atoms with Crippen molar-refractivity contribution in [1.29, 1.82) is 0 Å². The molecule has 1 amide bonds. The highest BCUT2D eigenvalue weighted by atomic mass is 32.2. The van der Waals surface area contributed by atoms with Gasteiger partial charge in [-0.25, -0.2) is 8.42 Å². The number of carbonyl (C=O) groups excluding carboxylic acids is 1. The van der Waals surface area contributed by atoms with Crippen molar-refractivity contribution in [1.82, 2.24) is 9.21 Å². The molecule has 1 aromatic carbocycles. The van der Waals surface area contributed by atoms with Crippen LogP contribution in [0.15, 0.2) is 30.3 Å². The van der Waals surface area contributed by atoms with E-state index in [9.17, 15) is 18.0 Å². The monoisotopic (exact) mass is 340 g/mol. The molecule has 1 fully saturated rings. The van der Waals surface area contributed by atoms with Gasteiger partial charge in [0.1, 0.15) is 0 Å². The van der Waals surface area contributed by atoms with Gasteiger partial charge in [-0.05, 0) is 19.1 Å². The highest BCUT2D eigenvalue weighted by Gasteiger charge is 2.39. The van der Waals surface area contributed by atoms with Crippen LogP contribution in [0.5, 0.6) is 0 Å². The fourth-order valence-corrected chi connectivity index (χ4v) is 4.01. The number of nitrogens with zero attached hydrogens (tertiary/aromatic N) is 2. The Bertz CT molecular complexity index is 689. The number of piperazine rings is 1. The first-order chi connectivity index (χ1) is 10.7. The van der Waals surface area contributed by atoms with Crippen molar-refractivity contribution in [2.45, 2.75) is 25.4 Å². The number of carbonyl (C=O) groups is 2. The first-order valence-corrected chi connectivity index (χ1v) is 9.09. The Morgan fingerprint density at radius 3 is 2.35 bits per heavy atom. The van der Waals surface area contributed by atoms with Crippen LogP contribution in [0, 0.1) is 0 Å². The first kappa shape index (κ1) is 17.4. The summed E-state index contributed by atoms with van der Waals surface area (Å²) >= 11 is 0. The zero-order valence-corrected chi connectivity index (χ0v) is 13.9. The Hall–Kier alpha value is -1.93. The summed E-state index contributed by atoms with van der Waals surface area (Å²) in [7, 11) is -3.46. The van der Waals surface area contributed by atoms with Crippen molar-refractivity contribution in [3.05, 3.63) is 35.9 Å². The minimum atomic E-state index is -3.46. The SMILES string of the molecule is C[C@H]1CN(C(=O)c2ccccc2)[C@@H](CC(=O)O)CN1S(C)(=O)=O. The molecule has 1 aromatic rings. The maximum atomic E-state index is 12.7. The first-order valence-electron chi connectivity index (χ1n) is 7.24. The molecule has 1 saturated heterocycles. The topological polar surface area (TPSA) is 95.0 Å². The molecule has 0 aromatic heterocycles. The van der Waals surface area contributed by atoms with Crippen LogP contribution in [0.25, 0.3) is 0 Å². The maximum absolute atomic E-state index is 12.7. The lowest BCUT2D eigenvalue weighted by atomic mass is 10.0. The molecule has 2 rings (SSSR count). The van der Waals surface area contributed by atoms with Gasteiger partial charge in [0.2, 0.25) is 10.0 Å². The molecule has 23 heavy (non-hydrogen) atoms. The molecule has 2 atom stereocenters. The number of hydrogen-bond donors (Lipinski definition) is 1. The highest BCUT2D eigenvalue weighted by molar-refractivity contribution is 7.88. The number of hydrogen-bond acceptors (Lipinski definition) is 4. The lowest BCUT2D eigenvalue weighted by Gasteiger charge is -2.43. The van der Waals surface area contributed by atoms with E-state index in [1.165, 1.54) is 9.21 Å². The van der Waals surface area contributed by atoms with E-state index in [4.69, 9.17) is 5.11 Å². The molecule has 0 aliphatic carbocycles. The second-order valence-corrected chi connectivity index (χ2v) is 7.69. The van der Waals surface area contributed by atoms with Crippen molar-refractivity contribution in [2.24, 2.45) is 0 Å². The van der Waals surface area contributed by atoms with Gasteiger partial charge >= 0.3 is 5.97 Å². The van der Waals surface area contributed by atoms with E-state index < -0.39 is 28.1 Å². The second kappa shape index (κ2) is 6.67. The summed E-state index contributed by atoms with van der Waals surface area (Å²) in [4.78, 5) is 25.2. The molecule has 1 aliphatic heterocycles. The van der Waals surface area contributed by atoms with Gasteiger partial charge in [0.05, 0.1) is 18.7 Å². The highest BCUT2D eigenvalue weighted by Crippen LogP contribution is 2.22. The van der Waals surface area contributed by atoms with Crippen LogP contribution in [0.3, 0.4) is 0 Å². The quantitative estimate of drug-likeness (QED) is 0.868. The summed E-state index contributed by atoms with van der Waals surface area (Å²) in [5, 5.41) is 9.08. The molecule has 8 heteroatoms. The van der Waals surface area contributed by atoms with Crippen LogP contribution in [0.2, 0.25) is 0 Å². The summed E-state index contributed by atoms with van der Waals surface area (Å²) < 4.78 is 25.0. The molecule has 7 nitrogen and oxygen atoms in total. The molecule has 1 N–H and O–H groups in total. The number of carboxylic acid groups (broad SMARTS) is 1. The smallest absolute Gasteiger partial charge is 0.305 e. The summed E-state index contributed by atoms with van der Waals surface area (Å²) in [5.74, 6) is -1.35. The van der Waals surface area contributed by atoms with Crippen LogP contribution < -0.4 is 0 Å². The van der Waals surface area contributed by atoms with Crippen molar-refractivity contribution in [2.75, 3.05) is 19.3 Å². The molecule has 0 radical (unpaired) electrons. The minimum Gasteiger partial charge on any atom is -0.481 e. The van der Waals surface area contributed by atoms with Crippen LogP contribution in [-0.4, -0.2) is 66.0 Å². The average molecular weight is 340 g/mol. The van der Waals surface area contributed by atoms with Crippen molar-refractivity contribution < 1.29 is 23.1 Å². The lowest BCUT2D eigenvalue weighted by molar-refractivity contribution is -0.138. The number of aliphatic carboxylic acids is 1. The Morgan fingerprint density at radius 1 is 1.22 bits per heavy atom. The predicted octanol–water partition coefficient (Wildman–Crippen LogP) is 0.636. The third-order valence-corrected chi connectivity index (χ3v) is 5.26. The van der Waals surface area contributed by atoms with E-state index in [0.29, 0.717) is 5.56 Å². The van der Waals surface area contributed by atoms with Crippen LogP contribution >= 0.6 is 0 Å². The van der Waals surface area contributed by atoms with Crippen molar-refractivity contribution >= 4 is 21.9 Å². The molecular weight excluding hydrogens is 320 g/mol. The van der Waals surface area contributed by atoms with E-state index in [1.54, 1.807) is 37.3 Å². The average Bonchev–Trinajstić information content (AvgIpc) is 2.47. The van der Waals surface area contributed by atoms with Gasteiger partial charge in [-0.15, -0.1) is 0 Å². The summed E-state index contributed by atoms with van der Waals surface area (Å²) in [5.41, 5.74) is 0.461. The third-order valence-electron chi connectivity index (χ3n) is 3.90. The Labute approximate surface area is 135 Å². The van der Waals surface area contributed by atoms with Crippen LogP contribution in [-0.2, 0) is 14.8 Å². The summed E-state index contributed by atoms with van der Waals surface area (Å²) in [6.07, 6.45) is 0.799. The fraction of sp³-hybridized carbons (Fsp3) is 0.467. The standard InChI is InChI=1S/C15H20N2O5S/c1-11-9-16(15(20)12-6-4-3-5-7-12)13(8-14(18)19)10-17(11)23(2,21)22/h3-7,11,13H,8-10H2,1-2H3,(H,18,19)/t11-,13-/m0/s1. The Morgan fingerprint density at radius 2 is 1.83 bits per heavy atom. The minimum absolute atomic E-state index is 0.00905. The molecule has 1 heterocycles. The molecule has 0 bridgehead atoms. The summed E-state index contributed by atoms with van der Waals surface area (Å²) in [6.45, 7) is 1.87. The van der Waals surface area contributed by atoms with Crippen molar-refractivity contribution in [3.63, 3.8) is 0 Å². The van der Waals surface area contributed by atoms with E-state index >= 15 is 0 Å². The second-order valence-electron chi connectivity index (χ2n) is 5.76. The molecule has 0 unspecified atom stereocenters. The van der Waals surface area contributed by atoms with Crippen LogP contribution in [0.4, 0.5) is 0 Å². The summed E-state index contributed by atoms with van der Waals surface area (Å²) in [6, 6.07) is 7.48. The zero-order valence-electron chi connectivity index (χ0n) is 13.0. The maximum Gasteiger partial charge on any atom is 0.305 e. The van der Waals surface area contributed by atoms with Gasteiger partial charge in [0.25, 0.3) is 5.91 Å². The van der Waals surface area contributed by atoms with Gasteiger partial charge < -0.3 is 10.0 Å². The molecule has 126 valence electrons. The molecule has 0 saturated carbocycles. The largest absolute Gasteiger partial charge is 0.481 e. The third kappa shape index (κ3) is 4.08. The van der Waals surface area contributed by atoms with Gasteiger partial charge in [-0.1, -0.05) is 18.2 Å². The number of benzene rings is 1. The molecule has 0 spiro atoms. The van der Waals surface area contributed by atoms with E-state index in [0.717, 1.165) is 6.26 Å². The van der Waals surface area contributed by atoms with Gasteiger partial charge in [-0.3, -0.25) is 9.59 Å². The number of rotatable bonds is 4. The zero-order chi connectivity index (χ0) is 17.2. The van der Waals surface area contributed by atoms with E-state index in [1.807, 2.05) is 0 Å². The van der Waals surface area contributed by atoms with Gasteiger partial charge in [-0.2, -0.15) is 4.31 Å². The number of carboxylic acids is 1. The predicted molar refractivity (Wildman–Crippen MR) is 84.5 cm³/mol. The number of sulfonamides is 1. The normalized spacial score (nSPS) is 22.8. The van der Waals surface area contributed by atoms with E-state index in [2.05, 4.69) is 0 Å². The molecular formula is C15H20N2O5S. The lowest BCUT2D eigenvalue weighted by Crippen LogP contribution is -2.60. The van der Waals surface area contributed by atoms with Gasteiger partial charge in [0, 0.05) is 24.7 Å². The molecule has 1 aliphatic rings. The number of amides is 1. The van der Waals surface area contributed by atoms with E-state index in [-0.39, 0.29) is 25.4 Å². The Balaban J connectivity index is 2.30. The van der Waals surface area contributed by atoms with Crippen LogP contribution in [0.1, 0.15) is 23.7 Å². The Kier molecular flexibility index (Phi) is 5.06. The fourth-order valence-electron chi connectivity index (χ4n) is 2.84. The van der Waals surface area contributed by atoms with Crippen molar-refractivity contribution in [3.8, 4) is 0 Å².